The average Bonchev–Trinajstić information content (AvgIpc) is 2.82. The molecule has 1 aromatic heterocycles. The molecule has 3 heteroatoms. The molecule has 0 fully saturated rings. The Balaban J connectivity index is 2.21. The molecular formula is C15H20N2O. The van der Waals surface area contributed by atoms with Gasteiger partial charge < -0.3 is 5.11 Å². The van der Waals surface area contributed by atoms with Crippen LogP contribution in [0.25, 0.3) is 0 Å². The fourth-order valence-corrected chi connectivity index (χ4v) is 2.22. The number of nitrogens with zero attached hydrogens (tertiary/aromatic N) is 2. The normalized spacial score (nSPS) is 12.7. The summed E-state index contributed by atoms with van der Waals surface area (Å²) in [7, 11) is 0. The second kappa shape index (κ2) is 5.36. The summed E-state index contributed by atoms with van der Waals surface area (Å²) in [5, 5.41) is 14.5. The first-order valence-corrected chi connectivity index (χ1v) is 6.37. The molecular weight excluding hydrogens is 224 g/mol. The number of aliphatic hydroxyl groups excluding tert-OH is 1. The van der Waals surface area contributed by atoms with Crippen molar-refractivity contribution in [2.75, 3.05) is 0 Å². The molecule has 0 amide bonds. The largest absolute Gasteiger partial charge is 0.386 e. The highest BCUT2D eigenvalue weighted by molar-refractivity contribution is 5.31. The highest BCUT2D eigenvalue weighted by Gasteiger charge is 2.14. The second-order valence-corrected chi connectivity index (χ2v) is 4.72. The predicted octanol–water partition coefficient (Wildman–Crippen LogP) is 2.80. The van der Waals surface area contributed by atoms with E-state index in [1.807, 2.05) is 17.7 Å². The number of hydrogen-bond donors (Lipinski definition) is 1. The van der Waals surface area contributed by atoms with Crippen molar-refractivity contribution in [2.45, 2.75) is 39.8 Å². The van der Waals surface area contributed by atoms with E-state index in [1.54, 1.807) is 6.20 Å². The van der Waals surface area contributed by atoms with E-state index in [0.717, 1.165) is 12.2 Å². The van der Waals surface area contributed by atoms with E-state index in [0.29, 0.717) is 6.42 Å². The first kappa shape index (κ1) is 12.8. The molecule has 0 aliphatic rings. The number of hydrogen-bond acceptors (Lipinski definition) is 2. The monoisotopic (exact) mass is 244 g/mol. The van der Waals surface area contributed by atoms with Gasteiger partial charge in [0.2, 0.25) is 0 Å². The molecule has 18 heavy (non-hydrogen) atoms. The van der Waals surface area contributed by atoms with Crippen LogP contribution in [0.4, 0.5) is 0 Å². The molecule has 2 aromatic rings. The van der Waals surface area contributed by atoms with Crippen molar-refractivity contribution in [1.82, 2.24) is 9.78 Å². The topological polar surface area (TPSA) is 38.0 Å². The zero-order chi connectivity index (χ0) is 13.1. The maximum Gasteiger partial charge on any atom is 0.0996 e. The fraction of sp³-hybridized carbons (Fsp3) is 0.400. The van der Waals surface area contributed by atoms with E-state index in [-0.39, 0.29) is 0 Å². The Kier molecular flexibility index (Phi) is 3.82. The zero-order valence-corrected chi connectivity index (χ0v) is 11.2. The highest BCUT2D eigenvalue weighted by atomic mass is 16.3. The van der Waals surface area contributed by atoms with Crippen molar-refractivity contribution in [3.63, 3.8) is 0 Å². The van der Waals surface area contributed by atoms with Gasteiger partial charge in [-0.1, -0.05) is 23.8 Å². The van der Waals surface area contributed by atoms with Crippen molar-refractivity contribution in [3.05, 3.63) is 52.8 Å². The molecule has 0 spiro atoms. The molecule has 96 valence electrons. The summed E-state index contributed by atoms with van der Waals surface area (Å²) in [4.78, 5) is 0. The molecule has 0 aliphatic heterocycles. The van der Waals surface area contributed by atoms with Crippen LogP contribution in [0.15, 0.2) is 30.5 Å². The summed E-state index contributed by atoms with van der Waals surface area (Å²) in [6.45, 7) is 6.97. The van der Waals surface area contributed by atoms with E-state index in [4.69, 9.17) is 0 Å². The van der Waals surface area contributed by atoms with E-state index in [9.17, 15) is 5.11 Å². The number of aromatic nitrogens is 2. The molecule has 0 radical (unpaired) electrons. The van der Waals surface area contributed by atoms with Crippen LogP contribution in [-0.4, -0.2) is 14.9 Å². The van der Waals surface area contributed by atoms with Gasteiger partial charge in [0.1, 0.15) is 0 Å². The van der Waals surface area contributed by atoms with Gasteiger partial charge in [-0.2, -0.15) is 5.10 Å². The van der Waals surface area contributed by atoms with Gasteiger partial charge in [-0.05, 0) is 38.0 Å². The molecule has 0 aliphatic carbocycles. The minimum atomic E-state index is -0.493. The Bertz CT molecular complexity index is 531. The fourth-order valence-electron chi connectivity index (χ4n) is 2.22. The SMILES string of the molecule is CCn1nccc1C(O)Cc1cc(C)ccc1C. The highest BCUT2D eigenvalue weighted by Crippen LogP contribution is 2.21. The molecule has 0 saturated carbocycles. The molecule has 2 rings (SSSR count). The Hall–Kier alpha value is -1.61. The maximum absolute atomic E-state index is 10.3. The van der Waals surface area contributed by atoms with Gasteiger partial charge in [0.05, 0.1) is 11.8 Å². The minimum Gasteiger partial charge on any atom is -0.386 e. The lowest BCUT2D eigenvalue weighted by Crippen LogP contribution is -2.10. The number of aryl methyl sites for hydroxylation is 3. The van der Waals surface area contributed by atoms with Gasteiger partial charge in [-0.15, -0.1) is 0 Å². The van der Waals surface area contributed by atoms with Gasteiger partial charge in [-0.3, -0.25) is 4.68 Å². The van der Waals surface area contributed by atoms with Gasteiger partial charge in [0.25, 0.3) is 0 Å². The van der Waals surface area contributed by atoms with Crippen LogP contribution in [0, 0.1) is 13.8 Å². The third-order valence-electron chi connectivity index (χ3n) is 3.31. The van der Waals surface area contributed by atoms with Gasteiger partial charge >= 0.3 is 0 Å². The summed E-state index contributed by atoms with van der Waals surface area (Å²) < 4.78 is 1.84. The molecule has 1 N–H and O–H groups in total. The third-order valence-corrected chi connectivity index (χ3v) is 3.31. The molecule has 1 aromatic carbocycles. The van der Waals surface area contributed by atoms with E-state index in [2.05, 4.69) is 37.1 Å². The molecule has 0 saturated heterocycles. The van der Waals surface area contributed by atoms with Crippen LogP contribution >= 0.6 is 0 Å². The van der Waals surface area contributed by atoms with Gasteiger partial charge in [-0.25, -0.2) is 0 Å². The lowest BCUT2D eigenvalue weighted by molar-refractivity contribution is 0.167. The van der Waals surface area contributed by atoms with E-state index < -0.39 is 6.10 Å². The van der Waals surface area contributed by atoms with Crippen LogP contribution in [0.5, 0.6) is 0 Å². The van der Waals surface area contributed by atoms with E-state index in [1.165, 1.54) is 16.7 Å². The first-order chi connectivity index (χ1) is 8.61. The Morgan fingerprint density at radius 3 is 2.78 bits per heavy atom. The number of aliphatic hydroxyl groups is 1. The third kappa shape index (κ3) is 2.62. The Morgan fingerprint density at radius 2 is 2.06 bits per heavy atom. The van der Waals surface area contributed by atoms with E-state index >= 15 is 0 Å². The molecule has 1 heterocycles. The van der Waals surface area contributed by atoms with Gasteiger partial charge in [0.15, 0.2) is 0 Å². The number of benzene rings is 1. The van der Waals surface area contributed by atoms with Crippen molar-refractivity contribution >= 4 is 0 Å². The molecule has 0 bridgehead atoms. The predicted molar refractivity (Wildman–Crippen MR) is 72.5 cm³/mol. The van der Waals surface area contributed by atoms with Crippen LogP contribution in [0.1, 0.15) is 35.4 Å². The van der Waals surface area contributed by atoms with Gasteiger partial charge in [0, 0.05) is 19.2 Å². The van der Waals surface area contributed by atoms with Crippen molar-refractivity contribution in [3.8, 4) is 0 Å². The summed E-state index contributed by atoms with van der Waals surface area (Å²) >= 11 is 0. The lowest BCUT2D eigenvalue weighted by Gasteiger charge is -2.14. The summed E-state index contributed by atoms with van der Waals surface area (Å²) in [5.74, 6) is 0. The van der Waals surface area contributed by atoms with Crippen LogP contribution in [-0.2, 0) is 13.0 Å². The Labute approximate surface area is 108 Å². The van der Waals surface area contributed by atoms with Crippen molar-refractivity contribution in [2.24, 2.45) is 0 Å². The summed E-state index contributed by atoms with van der Waals surface area (Å²) in [6.07, 6.45) is 1.89. The molecule has 1 atom stereocenters. The average molecular weight is 244 g/mol. The maximum atomic E-state index is 10.3. The minimum absolute atomic E-state index is 0.493. The lowest BCUT2D eigenvalue weighted by atomic mass is 9.99. The Morgan fingerprint density at radius 1 is 1.28 bits per heavy atom. The second-order valence-electron chi connectivity index (χ2n) is 4.72. The van der Waals surface area contributed by atoms with Crippen molar-refractivity contribution in [1.29, 1.82) is 0 Å². The molecule has 1 unspecified atom stereocenters. The summed E-state index contributed by atoms with van der Waals surface area (Å²) in [5.41, 5.74) is 4.54. The molecule has 3 nitrogen and oxygen atoms in total. The van der Waals surface area contributed by atoms with Crippen molar-refractivity contribution < 1.29 is 5.11 Å². The van der Waals surface area contributed by atoms with Crippen LogP contribution < -0.4 is 0 Å². The zero-order valence-electron chi connectivity index (χ0n) is 11.2. The number of rotatable bonds is 4. The standard InChI is InChI=1S/C15H20N2O/c1-4-17-14(7-8-16-17)15(18)10-13-9-11(2)5-6-12(13)3/h5-9,15,18H,4,10H2,1-3H3. The smallest absolute Gasteiger partial charge is 0.0996 e. The quantitative estimate of drug-likeness (QED) is 0.898. The first-order valence-electron chi connectivity index (χ1n) is 6.37. The van der Waals surface area contributed by atoms with Crippen LogP contribution in [0.2, 0.25) is 0 Å². The summed E-state index contributed by atoms with van der Waals surface area (Å²) in [6, 6.07) is 8.24. The van der Waals surface area contributed by atoms with Crippen LogP contribution in [0.3, 0.4) is 0 Å².